The van der Waals surface area contributed by atoms with E-state index in [2.05, 4.69) is 10.1 Å². The number of hydrogen-bond acceptors (Lipinski definition) is 4. The minimum Gasteiger partial charge on any atom is -0.309 e. The highest BCUT2D eigenvalue weighted by atomic mass is 16.5. The molecular weight excluding hydrogens is 208 g/mol. The van der Waals surface area contributed by atoms with Gasteiger partial charge in [0.2, 0.25) is 0 Å². The summed E-state index contributed by atoms with van der Waals surface area (Å²) in [5.41, 5.74) is 1.50. The van der Waals surface area contributed by atoms with Gasteiger partial charge in [0.1, 0.15) is 17.9 Å². The molecule has 0 aliphatic carbocycles. The molecule has 0 saturated carbocycles. The van der Waals surface area contributed by atoms with E-state index < -0.39 is 0 Å². The maximum Gasteiger partial charge on any atom is 0.446 e. The lowest BCUT2D eigenvalue weighted by Crippen LogP contribution is -2.45. The van der Waals surface area contributed by atoms with Crippen LogP contribution in [0.15, 0.2) is 22.9 Å². The van der Waals surface area contributed by atoms with Gasteiger partial charge in [0, 0.05) is 20.2 Å². The van der Waals surface area contributed by atoms with Crippen molar-refractivity contribution in [2.45, 2.75) is 0 Å². The molecule has 0 bridgehead atoms. The van der Waals surface area contributed by atoms with Crippen LogP contribution in [0.2, 0.25) is 0 Å². The van der Waals surface area contributed by atoms with E-state index in [1.807, 2.05) is 42.9 Å². The Bertz CT molecular complexity index is 667. The second-order valence-corrected chi connectivity index (χ2v) is 3.78. The zero-order valence-electron chi connectivity index (χ0n) is 9.32. The van der Waals surface area contributed by atoms with Gasteiger partial charge in [0.25, 0.3) is 0 Å². The predicted octanol–water partition coefficient (Wildman–Crippen LogP) is -1.05. The lowest BCUT2D eigenvalue weighted by Gasteiger charge is -2.00. The van der Waals surface area contributed by atoms with Gasteiger partial charge < -0.3 is 4.90 Å². The fourth-order valence-electron chi connectivity index (χ4n) is 1.69. The van der Waals surface area contributed by atoms with E-state index in [-0.39, 0.29) is 0 Å². The van der Waals surface area contributed by atoms with Crippen LogP contribution in [-0.4, -0.2) is 28.9 Å². The van der Waals surface area contributed by atoms with E-state index >= 15 is 0 Å². The van der Waals surface area contributed by atoms with E-state index in [0.717, 1.165) is 5.52 Å². The minimum atomic E-state index is 0.694. The number of aromatic nitrogens is 5. The molecule has 0 spiro atoms. The molecule has 0 saturated heterocycles. The van der Waals surface area contributed by atoms with Crippen molar-refractivity contribution in [3.63, 3.8) is 0 Å². The Morgan fingerprint density at radius 2 is 2.25 bits per heavy atom. The van der Waals surface area contributed by atoms with Crippen LogP contribution < -0.4 is 14.3 Å². The normalized spacial score (nSPS) is 11.4. The van der Waals surface area contributed by atoms with Gasteiger partial charge in [0.15, 0.2) is 4.74 Å². The molecule has 0 amide bonds. The zero-order chi connectivity index (χ0) is 11.3. The molecule has 0 aromatic carbocycles. The number of rotatable bonds is 1. The molecule has 0 atom stereocenters. The molecule has 0 unspecified atom stereocenters. The first kappa shape index (κ1) is 9.08. The van der Waals surface area contributed by atoms with E-state index in [0.29, 0.717) is 11.7 Å². The highest BCUT2D eigenvalue weighted by Crippen LogP contribution is 2.04. The average Bonchev–Trinajstić information content (AvgIpc) is 2.76. The van der Waals surface area contributed by atoms with Crippen molar-refractivity contribution in [3.05, 3.63) is 18.3 Å². The van der Waals surface area contributed by atoms with Crippen LogP contribution in [0.1, 0.15) is 0 Å². The molecule has 0 fully saturated rings. The molecule has 0 aliphatic rings. The summed E-state index contributed by atoms with van der Waals surface area (Å²) < 4.78 is 10.7. The van der Waals surface area contributed by atoms with Crippen molar-refractivity contribution in [1.82, 2.24) is 14.8 Å². The number of hydrogen-bond donors (Lipinski definition) is 0. The standard InChI is InChI=1S/C9H12N6O/c1-12(2)9-13(3)15-11-7-5-4-6-10-8(7)14(15)16-9/h4-6H,1-3H3/q+2. The third-order valence-electron chi connectivity index (χ3n) is 2.40. The molecular formula is C9H12N6O+2. The van der Waals surface area contributed by atoms with Crippen molar-refractivity contribution in [2.75, 3.05) is 19.0 Å². The molecule has 0 radical (unpaired) electrons. The molecule has 0 N–H and O–H groups in total. The first-order chi connectivity index (χ1) is 7.68. The summed E-state index contributed by atoms with van der Waals surface area (Å²) in [5, 5.41) is 4.38. The second-order valence-electron chi connectivity index (χ2n) is 3.78. The fraction of sp³-hybridized carbons (Fsp3) is 0.333. The summed E-state index contributed by atoms with van der Waals surface area (Å²) in [6.45, 7) is 0. The third-order valence-corrected chi connectivity index (χ3v) is 2.40. The average molecular weight is 220 g/mol. The van der Waals surface area contributed by atoms with Gasteiger partial charge in [-0.15, -0.1) is 0 Å². The lowest BCUT2D eigenvalue weighted by molar-refractivity contribution is -0.880. The SMILES string of the molecule is CN(C)c1o[n+]2c3ncccc3nn2[n+]1C. The molecule has 3 aromatic rings. The first-order valence-corrected chi connectivity index (χ1v) is 4.91. The highest BCUT2D eigenvalue weighted by molar-refractivity contribution is 5.64. The van der Waals surface area contributed by atoms with E-state index in [1.165, 1.54) is 0 Å². The van der Waals surface area contributed by atoms with Crippen LogP contribution in [0.3, 0.4) is 0 Å². The molecule has 3 aromatic heterocycles. The zero-order valence-corrected chi connectivity index (χ0v) is 9.32. The smallest absolute Gasteiger partial charge is 0.309 e. The Hall–Kier alpha value is -2.18. The van der Waals surface area contributed by atoms with E-state index in [4.69, 9.17) is 4.52 Å². The number of anilines is 1. The van der Waals surface area contributed by atoms with Crippen molar-refractivity contribution in [1.29, 1.82) is 0 Å². The first-order valence-electron chi connectivity index (χ1n) is 4.91. The van der Waals surface area contributed by atoms with Gasteiger partial charge in [-0.2, -0.15) is 0 Å². The molecule has 3 heterocycles. The molecule has 0 aliphatic heterocycles. The van der Waals surface area contributed by atoms with E-state index in [1.54, 1.807) is 15.6 Å². The largest absolute Gasteiger partial charge is 0.446 e. The molecule has 16 heavy (non-hydrogen) atoms. The van der Waals surface area contributed by atoms with Crippen LogP contribution in [0, 0.1) is 0 Å². The maximum atomic E-state index is 5.66. The van der Waals surface area contributed by atoms with Crippen LogP contribution >= 0.6 is 0 Å². The Morgan fingerprint density at radius 1 is 1.44 bits per heavy atom. The van der Waals surface area contributed by atoms with Gasteiger partial charge in [-0.05, 0) is 11.1 Å². The van der Waals surface area contributed by atoms with Crippen LogP contribution in [0.4, 0.5) is 6.01 Å². The number of fused-ring (bicyclic) bond motifs is 3. The van der Waals surface area contributed by atoms with Crippen molar-refractivity contribution in [3.8, 4) is 0 Å². The summed E-state index contributed by atoms with van der Waals surface area (Å²) in [6.07, 6.45) is 1.72. The monoisotopic (exact) mass is 220 g/mol. The summed E-state index contributed by atoms with van der Waals surface area (Å²) in [7, 11) is 5.70. The molecule has 3 rings (SSSR count). The van der Waals surface area contributed by atoms with Gasteiger partial charge in [-0.25, -0.2) is 4.52 Å². The second kappa shape index (κ2) is 2.91. The van der Waals surface area contributed by atoms with Crippen molar-refractivity contribution in [2.24, 2.45) is 7.05 Å². The molecule has 82 valence electrons. The Kier molecular flexibility index (Phi) is 1.65. The van der Waals surface area contributed by atoms with Gasteiger partial charge in [0.05, 0.1) is 5.10 Å². The summed E-state index contributed by atoms with van der Waals surface area (Å²) in [4.78, 5) is 6.11. The van der Waals surface area contributed by atoms with Crippen molar-refractivity contribution >= 4 is 17.2 Å². The molecule has 7 nitrogen and oxygen atoms in total. The van der Waals surface area contributed by atoms with Crippen LogP contribution in [0.5, 0.6) is 0 Å². The quantitative estimate of drug-likeness (QED) is 0.491. The summed E-state index contributed by atoms with van der Waals surface area (Å²) in [5.74, 6) is 0. The minimum absolute atomic E-state index is 0.694. The summed E-state index contributed by atoms with van der Waals surface area (Å²) >= 11 is 0. The topological polar surface area (TPSA) is 54.6 Å². The number of nitrogens with zero attached hydrogens (tertiary/aromatic N) is 6. The van der Waals surface area contributed by atoms with Crippen LogP contribution in [0.25, 0.3) is 11.2 Å². The fourth-order valence-corrected chi connectivity index (χ4v) is 1.69. The number of aryl methyl sites for hydroxylation is 1. The van der Waals surface area contributed by atoms with Gasteiger partial charge in [-0.3, -0.25) is 0 Å². The Balaban J connectivity index is 2.44. The third kappa shape index (κ3) is 1.02. The van der Waals surface area contributed by atoms with Gasteiger partial charge in [-0.1, -0.05) is 4.68 Å². The highest BCUT2D eigenvalue weighted by Gasteiger charge is 2.30. The lowest BCUT2D eigenvalue weighted by atomic mass is 10.4. The van der Waals surface area contributed by atoms with E-state index in [9.17, 15) is 0 Å². The van der Waals surface area contributed by atoms with Gasteiger partial charge >= 0.3 is 17.2 Å². The Morgan fingerprint density at radius 3 is 3.00 bits per heavy atom. The summed E-state index contributed by atoms with van der Waals surface area (Å²) in [6, 6.07) is 4.44. The molecule has 7 heteroatoms. The van der Waals surface area contributed by atoms with Crippen molar-refractivity contribution < 1.29 is 13.9 Å². The maximum absolute atomic E-state index is 5.66. The number of pyridine rings is 1. The Labute approximate surface area is 91.1 Å². The predicted molar refractivity (Wildman–Crippen MR) is 53.9 cm³/mol. The van der Waals surface area contributed by atoms with Crippen LogP contribution in [-0.2, 0) is 7.05 Å².